The molecule has 1 aromatic heterocycles. The van der Waals surface area contributed by atoms with Crippen LogP contribution in [0.15, 0.2) is 12.3 Å². The van der Waals surface area contributed by atoms with E-state index in [2.05, 4.69) is 10.00 Å². The molecule has 0 spiro atoms. The lowest BCUT2D eigenvalue weighted by Gasteiger charge is -2.35. The van der Waals surface area contributed by atoms with E-state index in [4.69, 9.17) is 0 Å². The third-order valence-electron chi connectivity index (χ3n) is 4.87. The molecule has 1 saturated heterocycles. The van der Waals surface area contributed by atoms with Crippen LogP contribution in [0.4, 0.5) is 0 Å². The quantitative estimate of drug-likeness (QED) is 0.799. The molecule has 1 atom stereocenters. The number of nitrogens with zero attached hydrogens (tertiary/aromatic N) is 5. The van der Waals surface area contributed by atoms with E-state index in [1.807, 2.05) is 10.7 Å². The van der Waals surface area contributed by atoms with Gasteiger partial charge in [0.1, 0.15) is 0 Å². The van der Waals surface area contributed by atoms with Gasteiger partial charge in [-0.25, -0.2) is 0 Å². The van der Waals surface area contributed by atoms with Crippen LogP contribution in [0.1, 0.15) is 37.4 Å². The highest BCUT2D eigenvalue weighted by atomic mass is 32.2. The zero-order valence-corrected chi connectivity index (χ0v) is 14.9. The Hall–Kier alpha value is -0.960. The molecule has 130 valence electrons. The van der Waals surface area contributed by atoms with Crippen LogP contribution in [-0.4, -0.2) is 72.0 Å². The predicted octanol–water partition coefficient (Wildman–Crippen LogP) is 0.922. The molecule has 1 aromatic rings. The smallest absolute Gasteiger partial charge is 0.281 e. The van der Waals surface area contributed by atoms with Gasteiger partial charge in [0.25, 0.3) is 10.2 Å². The van der Waals surface area contributed by atoms with Gasteiger partial charge in [0.2, 0.25) is 0 Å². The Kier molecular flexibility index (Phi) is 5.05. The van der Waals surface area contributed by atoms with E-state index in [0.29, 0.717) is 13.1 Å². The minimum absolute atomic E-state index is 0.116. The van der Waals surface area contributed by atoms with Gasteiger partial charge in [-0.15, -0.1) is 0 Å². The van der Waals surface area contributed by atoms with E-state index in [1.54, 1.807) is 24.6 Å². The van der Waals surface area contributed by atoms with Gasteiger partial charge in [0, 0.05) is 33.4 Å². The predicted molar refractivity (Wildman–Crippen MR) is 89.2 cm³/mol. The summed E-state index contributed by atoms with van der Waals surface area (Å²) in [6.07, 6.45) is 6.60. The van der Waals surface area contributed by atoms with Crippen molar-refractivity contribution >= 4 is 10.2 Å². The highest BCUT2D eigenvalue weighted by Crippen LogP contribution is 2.26. The van der Waals surface area contributed by atoms with Crippen LogP contribution in [-0.2, 0) is 16.8 Å². The Morgan fingerprint density at radius 2 is 2.00 bits per heavy atom. The summed E-state index contributed by atoms with van der Waals surface area (Å²) in [5.41, 5.74) is 0.977. The fourth-order valence-electron chi connectivity index (χ4n) is 3.49. The van der Waals surface area contributed by atoms with Gasteiger partial charge < -0.3 is 4.90 Å². The minimum Gasteiger partial charge on any atom is -0.303 e. The summed E-state index contributed by atoms with van der Waals surface area (Å²) in [6.45, 7) is 4.25. The van der Waals surface area contributed by atoms with Crippen molar-refractivity contribution in [2.24, 2.45) is 0 Å². The Morgan fingerprint density at radius 3 is 2.70 bits per heavy atom. The number of hydrogen-bond donors (Lipinski definition) is 0. The average molecular weight is 341 g/mol. The molecular formula is C15H27N5O2S. The van der Waals surface area contributed by atoms with E-state index in [9.17, 15) is 8.42 Å². The lowest BCUT2D eigenvalue weighted by Crippen LogP contribution is -2.46. The monoisotopic (exact) mass is 341 g/mol. The summed E-state index contributed by atoms with van der Waals surface area (Å²) < 4.78 is 29.8. The molecule has 8 heteroatoms. The standard InChI is InChI=1S/C15H27N5O2S/c1-17(2)23(21,22)19-12-14-6-8-16-20(14)15(13-19)7-11-18-9-4-3-5-10-18/h6,8,15H,3-5,7,9-13H2,1-2H3. The average Bonchev–Trinajstić information content (AvgIpc) is 3.02. The third-order valence-corrected chi connectivity index (χ3v) is 6.72. The molecule has 0 amide bonds. The molecule has 1 unspecified atom stereocenters. The van der Waals surface area contributed by atoms with Crippen molar-refractivity contribution in [1.29, 1.82) is 0 Å². The maximum absolute atomic E-state index is 12.5. The highest BCUT2D eigenvalue weighted by molar-refractivity contribution is 7.86. The van der Waals surface area contributed by atoms with Crippen LogP contribution in [0.5, 0.6) is 0 Å². The summed E-state index contributed by atoms with van der Waals surface area (Å²) in [5, 5.41) is 4.43. The highest BCUT2D eigenvalue weighted by Gasteiger charge is 2.34. The molecule has 0 aliphatic carbocycles. The third kappa shape index (κ3) is 3.60. The summed E-state index contributed by atoms with van der Waals surface area (Å²) in [4.78, 5) is 2.49. The van der Waals surface area contributed by atoms with Crippen molar-refractivity contribution in [3.05, 3.63) is 18.0 Å². The van der Waals surface area contributed by atoms with Crippen LogP contribution in [0.25, 0.3) is 0 Å². The first-order chi connectivity index (χ1) is 11.0. The van der Waals surface area contributed by atoms with Crippen molar-refractivity contribution in [3.63, 3.8) is 0 Å². The molecule has 7 nitrogen and oxygen atoms in total. The number of likely N-dealkylation sites (tertiary alicyclic amines) is 1. The number of hydrogen-bond acceptors (Lipinski definition) is 4. The molecule has 1 fully saturated rings. The first-order valence-corrected chi connectivity index (χ1v) is 9.80. The van der Waals surface area contributed by atoms with Crippen molar-refractivity contribution in [1.82, 2.24) is 23.3 Å². The molecule has 2 aliphatic heterocycles. The van der Waals surface area contributed by atoms with E-state index in [1.165, 1.54) is 36.7 Å². The lowest BCUT2D eigenvalue weighted by atomic mass is 10.1. The van der Waals surface area contributed by atoms with Crippen molar-refractivity contribution < 1.29 is 8.42 Å². The van der Waals surface area contributed by atoms with Gasteiger partial charge in [0.05, 0.1) is 18.3 Å². The van der Waals surface area contributed by atoms with Crippen LogP contribution in [0, 0.1) is 0 Å². The van der Waals surface area contributed by atoms with Crippen LogP contribution < -0.4 is 0 Å². The van der Waals surface area contributed by atoms with Crippen LogP contribution >= 0.6 is 0 Å². The van der Waals surface area contributed by atoms with Gasteiger partial charge in [-0.3, -0.25) is 4.68 Å². The van der Waals surface area contributed by atoms with Gasteiger partial charge in [-0.1, -0.05) is 6.42 Å². The second-order valence-corrected chi connectivity index (χ2v) is 8.84. The molecule has 0 N–H and O–H groups in total. The largest absolute Gasteiger partial charge is 0.303 e. The molecule has 3 rings (SSSR count). The van der Waals surface area contributed by atoms with E-state index in [0.717, 1.165) is 18.7 Å². The fourth-order valence-corrected chi connectivity index (χ4v) is 4.61. The first kappa shape index (κ1) is 16.9. The molecular weight excluding hydrogens is 314 g/mol. The van der Waals surface area contributed by atoms with Crippen molar-refractivity contribution in [2.45, 2.75) is 38.3 Å². The number of fused-ring (bicyclic) bond motifs is 1. The molecule has 3 heterocycles. The Balaban J connectivity index is 1.71. The molecule has 2 aliphatic rings. The molecule has 23 heavy (non-hydrogen) atoms. The zero-order valence-electron chi connectivity index (χ0n) is 14.1. The maximum atomic E-state index is 12.5. The first-order valence-electron chi connectivity index (χ1n) is 8.41. The fraction of sp³-hybridized carbons (Fsp3) is 0.800. The second-order valence-electron chi connectivity index (χ2n) is 6.69. The minimum atomic E-state index is -3.38. The number of piperidine rings is 1. The molecule has 0 radical (unpaired) electrons. The molecule has 0 saturated carbocycles. The summed E-state index contributed by atoms with van der Waals surface area (Å²) in [5.74, 6) is 0. The van der Waals surface area contributed by atoms with Gasteiger partial charge in [-0.05, 0) is 38.4 Å². The van der Waals surface area contributed by atoms with Gasteiger partial charge >= 0.3 is 0 Å². The topological polar surface area (TPSA) is 61.7 Å². The van der Waals surface area contributed by atoms with Crippen molar-refractivity contribution in [2.75, 3.05) is 40.3 Å². The summed E-state index contributed by atoms with van der Waals surface area (Å²) in [6, 6.07) is 2.04. The Labute approximate surface area is 139 Å². The van der Waals surface area contributed by atoms with Crippen molar-refractivity contribution in [3.8, 4) is 0 Å². The maximum Gasteiger partial charge on any atom is 0.281 e. The number of aromatic nitrogens is 2. The van der Waals surface area contributed by atoms with Crippen LogP contribution in [0.3, 0.4) is 0 Å². The van der Waals surface area contributed by atoms with E-state index < -0.39 is 10.2 Å². The molecule has 0 aromatic carbocycles. The Bertz CT molecular complexity index is 622. The van der Waals surface area contributed by atoms with E-state index >= 15 is 0 Å². The zero-order chi connectivity index (χ0) is 16.4. The second kappa shape index (κ2) is 6.88. The SMILES string of the molecule is CN(C)S(=O)(=O)N1Cc2ccnn2C(CCN2CCCCC2)C1. The molecule has 0 bridgehead atoms. The summed E-state index contributed by atoms with van der Waals surface area (Å²) >= 11 is 0. The lowest BCUT2D eigenvalue weighted by molar-refractivity contribution is 0.186. The normalized spacial score (nSPS) is 24.0. The van der Waals surface area contributed by atoms with E-state index in [-0.39, 0.29) is 6.04 Å². The number of rotatable bonds is 5. The van der Waals surface area contributed by atoms with Gasteiger partial charge in [0.15, 0.2) is 0 Å². The van der Waals surface area contributed by atoms with Gasteiger partial charge in [-0.2, -0.15) is 22.1 Å². The Morgan fingerprint density at radius 1 is 1.26 bits per heavy atom. The summed E-state index contributed by atoms with van der Waals surface area (Å²) in [7, 11) is -0.210. The van der Waals surface area contributed by atoms with Crippen LogP contribution in [0.2, 0.25) is 0 Å².